The van der Waals surface area contributed by atoms with Crippen LogP contribution in [0.5, 0.6) is 0 Å². The first-order valence-electron chi connectivity index (χ1n) is 7.24. The van der Waals surface area contributed by atoms with Crippen LogP contribution in [0.2, 0.25) is 0 Å². The zero-order valence-electron chi connectivity index (χ0n) is 11.7. The monoisotopic (exact) mass is 292 g/mol. The Kier molecular flexibility index (Phi) is 3.54. The van der Waals surface area contributed by atoms with Gasteiger partial charge in [-0.2, -0.15) is 0 Å². The zero-order chi connectivity index (χ0) is 14.2. The second-order valence-electron chi connectivity index (χ2n) is 5.74. The quantitative estimate of drug-likeness (QED) is 0.863. The molecule has 1 aromatic heterocycles. The highest BCUT2D eigenvalue weighted by molar-refractivity contribution is 7.91. The van der Waals surface area contributed by atoms with Crippen molar-refractivity contribution in [1.29, 1.82) is 0 Å². The van der Waals surface area contributed by atoms with Crippen molar-refractivity contribution in [2.75, 3.05) is 6.26 Å². The maximum Gasteiger partial charge on any atom is 0.177 e. The molecular formula is C15H20N2O2S. The van der Waals surface area contributed by atoms with Crippen LogP contribution < -0.4 is 0 Å². The topological polar surface area (TPSA) is 62.8 Å². The number of hydrogen-bond acceptors (Lipinski definition) is 3. The van der Waals surface area contributed by atoms with Crippen LogP contribution in [0.3, 0.4) is 0 Å². The van der Waals surface area contributed by atoms with Gasteiger partial charge < -0.3 is 4.98 Å². The highest BCUT2D eigenvalue weighted by atomic mass is 32.2. The first-order valence-corrected chi connectivity index (χ1v) is 9.13. The fourth-order valence-corrected chi connectivity index (χ4v) is 3.90. The number of hydrogen-bond donors (Lipinski definition) is 1. The Labute approximate surface area is 119 Å². The van der Waals surface area contributed by atoms with Crippen molar-refractivity contribution in [3.8, 4) is 0 Å². The first-order chi connectivity index (χ1) is 9.55. The third-order valence-corrected chi connectivity index (χ3v) is 5.26. The molecule has 0 bridgehead atoms. The minimum atomic E-state index is -3.24. The molecule has 1 aromatic carbocycles. The molecule has 1 heterocycles. The molecule has 0 aliphatic heterocycles. The fraction of sp³-hybridized carbons (Fsp3) is 0.533. The molecule has 4 nitrogen and oxygen atoms in total. The van der Waals surface area contributed by atoms with Crippen LogP contribution in [0, 0.1) is 0 Å². The van der Waals surface area contributed by atoms with E-state index in [1.165, 1.54) is 31.9 Å². The van der Waals surface area contributed by atoms with E-state index in [0.717, 1.165) is 24.2 Å². The number of aromatic amines is 1. The van der Waals surface area contributed by atoms with E-state index in [-0.39, 0.29) is 0 Å². The van der Waals surface area contributed by atoms with Crippen LogP contribution in [-0.4, -0.2) is 24.6 Å². The molecule has 1 aliphatic carbocycles. The highest BCUT2D eigenvalue weighted by Gasteiger charge is 2.20. The number of rotatable bonds is 2. The Bertz CT molecular complexity index is 711. The predicted molar refractivity (Wildman–Crippen MR) is 79.6 cm³/mol. The summed E-state index contributed by atoms with van der Waals surface area (Å²) in [6.07, 6.45) is 8.60. The average Bonchev–Trinajstić information content (AvgIpc) is 2.64. The highest BCUT2D eigenvalue weighted by Crippen LogP contribution is 2.32. The second-order valence-corrected chi connectivity index (χ2v) is 7.72. The van der Waals surface area contributed by atoms with Crippen molar-refractivity contribution in [2.24, 2.45) is 0 Å². The lowest BCUT2D eigenvalue weighted by Crippen LogP contribution is -2.00. The Balaban J connectivity index is 2.06. The molecule has 1 aliphatic rings. The predicted octanol–water partition coefficient (Wildman–Crippen LogP) is 3.40. The molecule has 0 saturated heterocycles. The molecule has 108 valence electrons. The molecule has 0 radical (unpaired) electrons. The van der Waals surface area contributed by atoms with E-state index in [4.69, 9.17) is 0 Å². The van der Waals surface area contributed by atoms with Crippen LogP contribution in [-0.2, 0) is 9.84 Å². The lowest BCUT2D eigenvalue weighted by Gasteiger charge is -2.09. The van der Waals surface area contributed by atoms with Crippen LogP contribution in [0.25, 0.3) is 11.0 Å². The molecule has 0 unspecified atom stereocenters. The lowest BCUT2D eigenvalue weighted by molar-refractivity contribution is 0.567. The van der Waals surface area contributed by atoms with E-state index in [2.05, 4.69) is 9.97 Å². The number of nitrogens with zero attached hydrogens (tertiary/aromatic N) is 1. The van der Waals surface area contributed by atoms with Crippen molar-refractivity contribution >= 4 is 20.9 Å². The SMILES string of the molecule is CS(=O)(=O)c1cccc2[nH]c(C3CCCCCC3)nc12. The number of benzene rings is 1. The summed E-state index contributed by atoms with van der Waals surface area (Å²) in [4.78, 5) is 8.26. The van der Waals surface area contributed by atoms with Crippen molar-refractivity contribution in [3.63, 3.8) is 0 Å². The number of para-hydroxylation sites is 1. The third-order valence-electron chi connectivity index (χ3n) is 4.14. The minimum Gasteiger partial charge on any atom is -0.342 e. The molecular weight excluding hydrogens is 272 g/mol. The summed E-state index contributed by atoms with van der Waals surface area (Å²) in [7, 11) is -3.24. The van der Waals surface area contributed by atoms with Gasteiger partial charge in [-0.15, -0.1) is 0 Å². The molecule has 0 amide bonds. The van der Waals surface area contributed by atoms with Gasteiger partial charge in [-0.25, -0.2) is 13.4 Å². The summed E-state index contributed by atoms with van der Waals surface area (Å²) in [6, 6.07) is 5.31. The first kappa shape index (κ1) is 13.6. The summed E-state index contributed by atoms with van der Waals surface area (Å²) in [5.41, 5.74) is 1.42. The van der Waals surface area contributed by atoms with E-state index in [9.17, 15) is 8.42 Å². The number of aromatic nitrogens is 2. The zero-order valence-corrected chi connectivity index (χ0v) is 12.5. The Morgan fingerprint density at radius 1 is 1.15 bits per heavy atom. The van der Waals surface area contributed by atoms with Gasteiger partial charge in [-0.05, 0) is 25.0 Å². The molecule has 20 heavy (non-hydrogen) atoms. The standard InChI is InChI=1S/C15H20N2O2S/c1-20(18,19)13-10-6-9-12-14(13)17-15(16-12)11-7-4-2-3-5-8-11/h6,9-11H,2-5,7-8H2,1H3,(H,16,17). The maximum absolute atomic E-state index is 11.8. The summed E-state index contributed by atoms with van der Waals surface area (Å²) >= 11 is 0. The molecule has 1 N–H and O–H groups in total. The van der Waals surface area contributed by atoms with Crippen LogP contribution in [0.1, 0.15) is 50.3 Å². The molecule has 1 saturated carbocycles. The summed E-state index contributed by atoms with van der Waals surface area (Å²) in [5, 5.41) is 0. The maximum atomic E-state index is 11.8. The van der Waals surface area contributed by atoms with E-state index < -0.39 is 9.84 Å². The molecule has 0 atom stereocenters. The largest absolute Gasteiger partial charge is 0.342 e. The summed E-state index contributed by atoms with van der Waals surface area (Å²) in [5.74, 6) is 1.40. The Hall–Kier alpha value is -1.36. The molecule has 0 spiro atoms. The van der Waals surface area contributed by atoms with Gasteiger partial charge >= 0.3 is 0 Å². The summed E-state index contributed by atoms with van der Waals surface area (Å²) < 4.78 is 23.7. The second kappa shape index (κ2) is 5.20. The number of imidazole rings is 1. The smallest absolute Gasteiger partial charge is 0.177 e. The van der Waals surface area contributed by atoms with E-state index in [1.54, 1.807) is 12.1 Å². The third kappa shape index (κ3) is 2.59. The van der Waals surface area contributed by atoms with Gasteiger partial charge in [0.25, 0.3) is 0 Å². The van der Waals surface area contributed by atoms with Gasteiger partial charge in [-0.3, -0.25) is 0 Å². The Morgan fingerprint density at radius 3 is 2.50 bits per heavy atom. The number of H-pyrrole nitrogens is 1. The van der Waals surface area contributed by atoms with Crippen molar-refractivity contribution in [1.82, 2.24) is 9.97 Å². The van der Waals surface area contributed by atoms with E-state index >= 15 is 0 Å². The van der Waals surface area contributed by atoms with Gasteiger partial charge in [0, 0.05) is 12.2 Å². The van der Waals surface area contributed by atoms with Gasteiger partial charge in [-0.1, -0.05) is 31.7 Å². The van der Waals surface area contributed by atoms with Crippen LogP contribution in [0.4, 0.5) is 0 Å². The summed E-state index contributed by atoms with van der Waals surface area (Å²) in [6.45, 7) is 0. The number of fused-ring (bicyclic) bond motifs is 1. The molecule has 2 aromatic rings. The van der Waals surface area contributed by atoms with Crippen molar-refractivity contribution in [2.45, 2.75) is 49.3 Å². The van der Waals surface area contributed by atoms with Gasteiger partial charge in [0.15, 0.2) is 9.84 Å². The van der Waals surface area contributed by atoms with Crippen molar-refractivity contribution in [3.05, 3.63) is 24.0 Å². The average molecular weight is 292 g/mol. The number of sulfone groups is 1. The fourth-order valence-electron chi connectivity index (χ4n) is 3.07. The molecule has 5 heteroatoms. The van der Waals surface area contributed by atoms with Gasteiger partial charge in [0.05, 0.1) is 10.4 Å². The minimum absolute atomic E-state index is 0.325. The van der Waals surface area contributed by atoms with E-state index in [1.807, 2.05) is 6.07 Å². The molecule has 3 rings (SSSR count). The van der Waals surface area contributed by atoms with E-state index in [0.29, 0.717) is 16.3 Å². The Morgan fingerprint density at radius 2 is 1.85 bits per heavy atom. The van der Waals surface area contributed by atoms with Gasteiger partial charge in [0.1, 0.15) is 11.3 Å². The van der Waals surface area contributed by atoms with Crippen LogP contribution >= 0.6 is 0 Å². The van der Waals surface area contributed by atoms with Crippen LogP contribution in [0.15, 0.2) is 23.1 Å². The van der Waals surface area contributed by atoms with Gasteiger partial charge in [0.2, 0.25) is 0 Å². The normalized spacial score (nSPS) is 18.2. The lowest BCUT2D eigenvalue weighted by atomic mass is 10.00. The molecule has 1 fully saturated rings. The number of nitrogens with one attached hydrogen (secondary N) is 1. The van der Waals surface area contributed by atoms with Crippen molar-refractivity contribution < 1.29 is 8.42 Å².